The lowest BCUT2D eigenvalue weighted by atomic mass is 10.1. The number of carbonyl (C=O) groups excluding carboxylic acids is 1. The molecule has 2 aromatic carbocycles. The van der Waals surface area contributed by atoms with Gasteiger partial charge in [0.1, 0.15) is 5.75 Å². The maximum absolute atomic E-state index is 12.8. The Kier molecular flexibility index (Phi) is 7.23. The lowest BCUT2D eigenvalue weighted by Gasteiger charge is -2.30. The van der Waals surface area contributed by atoms with Crippen LogP contribution in [0.1, 0.15) is 22.3 Å². The molecular weight excluding hydrogens is 392 g/mol. The van der Waals surface area contributed by atoms with Crippen molar-refractivity contribution in [1.82, 2.24) is 9.80 Å². The minimum atomic E-state index is -0.0454. The first-order chi connectivity index (χ1) is 14.0. The van der Waals surface area contributed by atoms with E-state index in [4.69, 9.17) is 25.8 Å². The van der Waals surface area contributed by atoms with Crippen LogP contribution in [0.5, 0.6) is 17.2 Å². The second-order valence-corrected chi connectivity index (χ2v) is 7.52. The van der Waals surface area contributed by atoms with Gasteiger partial charge in [-0.2, -0.15) is 0 Å². The van der Waals surface area contributed by atoms with E-state index in [9.17, 15) is 4.79 Å². The van der Waals surface area contributed by atoms with E-state index in [1.807, 2.05) is 12.1 Å². The van der Waals surface area contributed by atoms with Crippen LogP contribution < -0.4 is 14.2 Å². The van der Waals surface area contributed by atoms with Crippen molar-refractivity contribution < 1.29 is 19.0 Å². The Bertz CT molecular complexity index is 841. The minimum Gasteiger partial charge on any atom is -0.493 e. The highest BCUT2D eigenvalue weighted by molar-refractivity contribution is 6.30. The number of fused-ring (bicyclic) bond motifs is 1. The number of carbonyl (C=O) groups is 1. The summed E-state index contributed by atoms with van der Waals surface area (Å²) in [5.41, 5.74) is 1.77. The number of rotatable bonds is 9. The van der Waals surface area contributed by atoms with E-state index in [2.05, 4.69) is 24.1 Å². The standard InChI is InChI=1S/C22H27ClN2O4/c1-24(12-9-16-5-7-17(23)8-6-16)10-4-11-25-15-29-19-14-21(28-3)20(27-2)13-18(19)22(25)26/h5-8,13-14H,4,9-12,15H2,1-3H3. The zero-order chi connectivity index (χ0) is 20.8. The number of methoxy groups -OCH3 is 2. The van der Waals surface area contributed by atoms with Crippen LogP contribution in [0.4, 0.5) is 0 Å². The molecule has 0 spiro atoms. The fraction of sp³-hybridized carbons (Fsp3) is 0.409. The smallest absolute Gasteiger partial charge is 0.260 e. The predicted octanol–water partition coefficient (Wildman–Crippen LogP) is 3.71. The Morgan fingerprint density at radius 1 is 1.10 bits per heavy atom. The summed E-state index contributed by atoms with van der Waals surface area (Å²) in [5.74, 6) is 1.56. The average Bonchev–Trinajstić information content (AvgIpc) is 2.74. The molecule has 0 unspecified atom stereocenters. The van der Waals surface area contributed by atoms with Gasteiger partial charge in [-0.3, -0.25) is 4.79 Å². The second kappa shape index (κ2) is 9.85. The molecule has 156 valence electrons. The van der Waals surface area contributed by atoms with E-state index in [-0.39, 0.29) is 12.6 Å². The summed E-state index contributed by atoms with van der Waals surface area (Å²) >= 11 is 5.93. The molecule has 29 heavy (non-hydrogen) atoms. The number of amides is 1. The van der Waals surface area contributed by atoms with E-state index >= 15 is 0 Å². The minimum absolute atomic E-state index is 0.0454. The van der Waals surface area contributed by atoms with Crippen LogP contribution in [-0.2, 0) is 6.42 Å². The van der Waals surface area contributed by atoms with E-state index in [0.717, 1.165) is 31.0 Å². The van der Waals surface area contributed by atoms with Crippen LogP contribution in [0.15, 0.2) is 36.4 Å². The van der Waals surface area contributed by atoms with Gasteiger partial charge in [0, 0.05) is 30.2 Å². The second-order valence-electron chi connectivity index (χ2n) is 7.08. The van der Waals surface area contributed by atoms with Crippen molar-refractivity contribution in [2.45, 2.75) is 12.8 Å². The SMILES string of the molecule is COc1cc2c(cc1OC)C(=O)N(CCCN(C)CCc1ccc(Cl)cc1)CO2. The zero-order valence-corrected chi connectivity index (χ0v) is 17.9. The maximum atomic E-state index is 12.8. The molecule has 3 rings (SSSR count). The third-order valence-electron chi connectivity index (χ3n) is 5.04. The average molecular weight is 419 g/mol. The van der Waals surface area contributed by atoms with Crippen LogP contribution in [0.2, 0.25) is 5.02 Å². The molecule has 0 aliphatic carbocycles. The van der Waals surface area contributed by atoms with Crippen LogP contribution in [0, 0.1) is 0 Å². The van der Waals surface area contributed by atoms with Gasteiger partial charge in [0.15, 0.2) is 18.2 Å². The Labute approximate surface area is 176 Å². The van der Waals surface area contributed by atoms with Gasteiger partial charge in [0.25, 0.3) is 5.91 Å². The summed E-state index contributed by atoms with van der Waals surface area (Å²) in [7, 11) is 5.21. The van der Waals surface area contributed by atoms with Crippen molar-refractivity contribution in [2.24, 2.45) is 0 Å². The van der Waals surface area contributed by atoms with Crippen LogP contribution in [0.3, 0.4) is 0 Å². The molecule has 0 bridgehead atoms. The summed E-state index contributed by atoms with van der Waals surface area (Å²) in [6.07, 6.45) is 1.84. The highest BCUT2D eigenvalue weighted by Gasteiger charge is 2.27. The molecule has 2 aromatic rings. The number of nitrogens with zero attached hydrogens (tertiary/aromatic N) is 2. The van der Waals surface area contributed by atoms with E-state index in [0.29, 0.717) is 29.4 Å². The van der Waals surface area contributed by atoms with Crippen LogP contribution >= 0.6 is 11.6 Å². The Hall–Kier alpha value is -2.44. The van der Waals surface area contributed by atoms with Crippen molar-refractivity contribution >= 4 is 17.5 Å². The van der Waals surface area contributed by atoms with Crippen molar-refractivity contribution in [3.8, 4) is 17.2 Å². The molecular formula is C22H27ClN2O4. The molecule has 1 heterocycles. The Morgan fingerprint density at radius 2 is 1.79 bits per heavy atom. The fourth-order valence-corrected chi connectivity index (χ4v) is 3.43. The molecule has 0 saturated carbocycles. The number of hydrogen-bond donors (Lipinski definition) is 0. The molecule has 1 aliphatic rings. The van der Waals surface area contributed by atoms with E-state index < -0.39 is 0 Å². The van der Waals surface area contributed by atoms with Gasteiger partial charge >= 0.3 is 0 Å². The molecule has 1 amide bonds. The molecule has 1 aliphatic heterocycles. The summed E-state index contributed by atoms with van der Waals surface area (Å²) in [4.78, 5) is 16.8. The molecule has 0 saturated heterocycles. The fourth-order valence-electron chi connectivity index (χ4n) is 3.30. The lowest BCUT2D eigenvalue weighted by molar-refractivity contribution is 0.0510. The number of likely N-dealkylation sites (N-methyl/N-ethyl adjacent to an activating group) is 1. The van der Waals surface area contributed by atoms with Gasteiger partial charge in [-0.15, -0.1) is 0 Å². The topological polar surface area (TPSA) is 51.2 Å². The molecule has 6 nitrogen and oxygen atoms in total. The monoisotopic (exact) mass is 418 g/mol. The molecule has 7 heteroatoms. The molecule has 0 aromatic heterocycles. The highest BCUT2D eigenvalue weighted by Crippen LogP contribution is 2.37. The van der Waals surface area contributed by atoms with Crippen molar-refractivity contribution in [2.75, 3.05) is 47.6 Å². The van der Waals surface area contributed by atoms with Gasteiger partial charge in [-0.05, 0) is 44.1 Å². The van der Waals surface area contributed by atoms with Crippen LogP contribution in [0.25, 0.3) is 0 Å². The van der Waals surface area contributed by atoms with Gasteiger partial charge in [-0.1, -0.05) is 23.7 Å². The highest BCUT2D eigenvalue weighted by atomic mass is 35.5. The van der Waals surface area contributed by atoms with Crippen LogP contribution in [-0.4, -0.2) is 63.3 Å². The number of benzene rings is 2. The maximum Gasteiger partial charge on any atom is 0.260 e. The van der Waals surface area contributed by atoms with Gasteiger partial charge < -0.3 is 24.0 Å². The number of hydrogen-bond acceptors (Lipinski definition) is 5. The van der Waals surface area contributed by atoms with Gasteiger partial charge in [-0.25, -0.2) is 0 Å². The molecule has 0 radical (unpaired) electrons. The third-order valence-corrected chi connectivity index (χ3v) is 5.29. The summed E-state index contributed by atoms with van der Waals surface area (Å²) in [6, 6.07) is 11.3. The molecule has 0 atom stereocenters. The normalized spacial score (nSPS) is 13.3. The Balaban J connectivity index is 1.49. The van der Waals surface area contributed by atoms with E-state index in [1.54, 1.807) is 31.3 Å². The van der Waals surface area contributed by atoms with Crippen molar-refractivity contribution in [1.29, 1.82) is 0 Å². The van der Waals surface area contributed by atoms with Gasteiger partial charge in [0.2, 0.25) is 0 Å². The summed E-state index contributed by atoms with van der Waals surface area (Å²) in [6.45, 7) is 2.73. The molecule has 0 fully saturated rings. The van der Waals surface area contributed by atoms with E-state index in [1.165, 1.54) is 5.56 Å². The predicted molar refractivity (Wildman–Crippen MR) is 113 cm³/mol. The summed E-state index contributed by atoms with van der Waals surface area (Å²) in [5, 5.41) is 0.758. The largest absolute Gasteiger partial charge is 0.493 e. The Morgan fingerprint density at radius 3 is 2.48 bits per heavy atom. The first-order valence-corrected chi connectivity index (χ1v) is 10.0. The number of halogens is 1. The summed E-state index contributed by atoms with van der Waals surface area (Å²) < 4.78 is 16.3. The quantitative estimate of drug-likeness (QED) is 0.621. The number of ether oxygens (including phenoxy) is 3. The van der Waals surface area contributed by atoms with Crippen molar-refractivity contribution in [3.05, 3.63) is 52.5 Å². The molecule has 0 N–H and O–H groups in total. The first kappa shape index (κ1) is 21.3. The van der Waals surface area contributed by atoms with Gasteiger partial charge in [0.05, 0.1) is 19.8 Å². The van der Waals surface area contributed by atoms with Crippen molar-refractivity contribution in [3.63, 3.8) is 0 Å². The lowest BCUT2D eigenvalue weighted by Crippen LogP contribution is -2.40. The zero-order valence-electron chi connectivity index (χ0n) is 17.1. The first-order valence-electron chi connectivity index (χ1n) is 9.63. The third kappa shape index (κ3) is 5.34.